The van der Waals surface area contributed by atoms with Crippen LogP contribution in [0.3, 0.4) is 0 Å². The number of hydrogen-bond donors (Lipinski definition) is 1. The lowest BCUT2D eigenvalue weighted by Gasteiger charge is -2.43. The standard InChI is InChI=1S/C16H27BrN2/c1-5-10-19(13(2)3)16(4,12-18)11-14-6-8-15(17)9-7-14/h6-9,13H,5,10-12,18H2,1-4H3. The van der Waals surface area contributed by atoms with Crippen LogP contribution in [0.2, 0.25) is 0 Å². The van der Waals surface area contributed by atoms with Gasteiger partial charge in [-0.1, -0.05) is 35.0 Å². The van der Waals surface area contributed by atoms with Gasteiger partial charge in [0.05, 0.1) is 0 Å². The molecule has 1 rings (SSSR count). The number of benzene rings is 1. The van der Waals surface area contributed by atoms with Crippen molar-refractivity contribution in [2.45, 2.75) is 52.1 Å². The molecule has 0 bridgehead atoms. The van der Waals surface area contributed by atoms with Crippen molar-refractivity contribution in [2.75, 3.05) is 13.1 Å². The Hall–Kier alpha value is -0.380. The van der Waals surface area contributed by atoms with Gasteiger partial charge in [0.15, 0.2) is 0 Å². The number of halogens is 1. The summed E-state index contributed by atoms with van der Waals surface area (Å²) >= 11 is 3.48. The molecule has 19 heavy (non-hydrogen) atoms. The molecule has 108 valence electrons. The first-order valence-corrected chi connectivity index (χ1v) is 7.93. The molecule has 1 unspecified atom stereocenters. The second-order valence-corrected chi connectivity index (χ2v) is 6.71. The fourth-order valence-electron chi connectivity index (χ4n) is 2.73. The van der Waals surface area contributed by atoms with E-state index in [9.17, 15) is 0 Å². The monoisotopic (exact) mass is 326 g/mol. The van der Waals surface area contributed by atoms with Gasteiger partial charge in [-0.15, -0.1) is 0 Å². The van der Waals surface area contributed by atoms with Crippen molar-refractivity contribution in [3.05, 3.63) is 34.3 Å². The molecule has 0 saturated carbocycles. The Balaban J connectivity index is 2.91. The summed E-state index contributed by atoms with van der Waals surface area (Å²) in [4.78, 5) is 2.54. The Bertz CT molecular complexity index is 375. The van der Waals surface area contributed by atoms with Crippen molar-refractivity contribution in [3.8, 4) is 0 Å². The molecule has 0 amide bonds. The fraction of sp³-hybridized carbons (Fsp3) is 0.625. The molecular weight excluding hydrogens is 300 g/mol. The lowest BCUT2D eigenvalue weighted by molar-refractivity contribution is 0.0758. The zero-order valence-corrected chi connectivity index (χ0v) is 14.2. The van der Waals surface area contributed by atoms with E-state index in [1.807, 2.05) is 0 Å². The van der Waals surface area contributed by atoms with Crippen LogP contribution in [0.25, 0.3) is 0 Å². The molecule has 0 fully saturated rings. The van der Waals surface area contributed by atoms with Crippen LogP contribution in [0.1, 0.15) is 39.7 Å². The Morgan fingerprint density at radius 1 is 1.26 bits per heavy atom. The van der Waals surface area contributed by atoms with Gasteiger partial charge in [-0.2, -0.15) is 0 Å². The average Bonchev–Trinajstić information content (AvgIpc) is 2.38. The van der Waals surface area contributed by atoms with E-state index in [2.05, 4.69) is 72.8 Å². The summed E-state index contributed by atoms with van der Waals surface area (Å²) in [6, 6.07) is 9.09. The van der Waals surface area contributed by atoms with Gasteiger partial charge in [0.1, 0.15) is 0 Å². The van der Waals surface area contributed by atoms with Crippen LogP contribution in [-0.2, 0) is 6.42 Å². The molecule has 0 saturated heterocycles. The van der Waals surface area contributed by atoms with Crippen molar-refractivity contribution >= 4 is 15.9 Å². The van der Waals surface area contributed by atoms with Crippen LogP contribution in [0.4, 0.5) is 0 Å². The molecule has 0 aliphatic heterocycles. The van der Waals surface area contributed by atoms with E-state index in [-0.39, 0.29) is 5.54 Å². The predicted molar refractivity (Wildman–Crippen MR) is 87.4 cm³/mol. The van der Waals surface area contributed by atoms with Crippen LogP contribution in [-0.4, -0.2) is 29.6 Å². The molecule has 0 aromatic heterocycles. The average molecular weight is 327 g/mol. The maximum absolute atomic E-state index is 6.10. The van der Waals surface area contributed by atoms with E-state index in [1.165, 1.54) is 5.56 Å². The van der Waals surface area contributed by atoms with Gasteiger partial charge in [0.2, 0.25) is 0 Å². The zero-order valence-electron chi connectivity index (χ0n) is 12.6. The Labute approximate surface area is 126 Å². The number of nitrogens with zero attached hydrogens (tertiary/aromatic N) is 1. The molecule has 2 N–H and O–H groups in total. The molecule has 0 aliphatic carbocycles. The van der Waals surface area contributed by atoms with Crippen LogP contribution < -0.4 is 5.73 Å². The van der Waals surface area contributed by atoms with Crippen molar-refractivity contribution < 1.29 is 0 Å². The molecule has 2 nitrogen and oxygen atoms in total. The normalized spacial score (nSPS) is 14.9. The number of hydrogen-bond acceptors (Lipinski definition) is 2. The van der Waals surface area contributed by atoms with E-state index in [4.69, 9.17) is 5.73 Å². The topological polar surface area (TPSA) is 29.3 Å². The number of nitrogens with two attached hydrogens (primary N) is 1. The summed E-state index contributed by atoms with van der Waals surface area (Å²) in [7, 11) is 0. The smallest absolute Gasteiger partial charge is 0.0346 e. The lowest BCUT2D eigenvalue weighted by atomic mass is 9.89. The molecule has 1 atom stereocenters. The van der Waals surface area contributed by atoms with Crippen molar-refractivity contribution in [3.63, 3.8) is 0 Å². The molecule has 0 aliphatic rings. The minimum absolute atomic E-state index is 0.0258. The van der Waals surface area contributed by atoms with Crippen LogP contribution in [0.5, 0.6) is 0 Å². The molecular formula is C16H27BrN2. The van der Waals surface area contributed by atoms with Crippen molar-refractivity contribution in [1.82, 2.24) is 4.90 Å². The first-order chi connectivity index (χ1) is 8.92. The maximum Gasteiger partial charge on any atom is 0.0346 e. The minimum Gasteiger partial charge on any atom is -0.329 e. The summed E-state index contributed by atoms with van der Waals surface area (Å²) in [6.07, 6.45) is 2.16. The quantitative estimate of drug-likeness (QED) is 0.825. The Morgan fingerprint density at radius 3 is 2.26 bits per heavy atom. The van der Waals surface area contributed by atoms with Crippen LogP contribution in [0.15, 0.2) is 28.7 Å². The van der Waals surface area contributed by atoms with Gasteiger partial charge >= 0.3 is 0 Å². The fourth-order valence-corrected chi connectivity index (χ4v) is 2.99. The predicted octanol–water partition coefficient (Wildman–Crippen LogP) is 3.83. The third-order valence-corrected chi connectivity index (χ3v) is 4.25. The highest BCUT2D eigenvalue weighted by Crippen LogP contribution is 2.24. The minimum atomic E-state index is 0.0258. The second-order valence-electron chi connectivity index (χ2n) is 5.79. The SMILES string of the molecule is CCCN(C(C)C)C(C)(CN)Cc1ccc(Br)cc1. The summed E-state index contributed by atoms with van der Waals surface area (Å²) in [6.45, 7) is 10.8. The van der Waals surface area contributed by atoms with Crippen molar-refractivity contribution in [2.24, 2.45) is 5.73 Å². The van der Waals surface area contributed by atoms with Gasteiger partial charge in [-0.25, -0.2) is 0 Å². The molecule has 1 aromatic rings. The highest BCUT2D eigenvalue weighted by Gasteiger charge is 2.31. The van der Waals surface area contributed by atoms with E-state index in [0.717, 1.165) is 23.9 Å². The van der Waals surface area contributed by atoms with E-state index in [0.29, 0.717) is 12.6 Å². The first kappa shape index (κ1) is 16.7. The van der Waals surface area contributed by atoms with Crippen molar-refractivity contribution in [1.29, 1.82) is 0 Å². The summed E-state index contributed by atoms with van der Waals surface area (Å²) in [5.74, 6) is 0. The van der Waals surface area contributed by atoms with E-state index < -0.39 is 0 Å². The summed E-state index contributed by atoms with van der Waals surface area (Å²) < 4.78 is 1.12. The van der Waals surface area contributed by atoms with Crippen LogP contribution in [0, 0.1) is 0 Å². The number of rotatable bonds is 7. The summed E-state index contributed by atoms with van der Waals surface area (Å²) in [5, 5.41) is 0. The van der Waals surface area contributed by atoms with Gasteiger partial charge in [0.25, 0.3) is 0 Å². The molecule has 0 heterocycles. The third kappa shape index (κ3) is 4.59. The molecule has 0 spiro atoms. The van der Waals surface area contributed by atoms with Gasteiger partial charge in [-0.3, -0.25) is 4.90 Å². The van der Waals surface area contributed by atoms with Gasteiger partial charge in [-0.05, 0) is 57.9 Å². The molecule has 3 heteroatoms. The van der Waals surface area contributed by atoms with E-state index in [1.54, 1.807) is 0 Å². The maximum atomic E-state index is 6.10. The van der Waals surface area contributed by atoms with Gasteiger partial charge in [0, 0.05) is 22.6 Å². The Morgan fingerprint density at radius 2 is 1.84 bits per heavy atom. The zero-order chi connectivity index (χ0) is 14.5. The second kappa shape index (κ2) is 7.41. The van der Waals surface area contributed by atoms with Gasteiger partial charge < -0.3 is 5.73 Å². The van der Waals surface area contributed by atoms with E-state index >= 15 is 0 Å². The molecule has 0 radical (unpaired) electrons. The highest BCUT2D eigenvalue weighted by atomic mass is 79.9. The Kier molecular flexibility index (Phi) is 6.51. The lowest BCUT2D eigenvalue weighted by Crippen LogP contribution is -2.56. The third-order valence-electron chi connectivity index (χ3n) is 3.72. The summed E-state index contributed by atoms with van der Waals surface area (Å²) in [5.41, 5.74) is 7.47. The highest BCUT2D eigenvalue weighted by molar-refractivity contribution is 9.10. The largest absolute Gasteiger partial charge is 0.329 e. The molecule has 1 aromatic carbocycles. The van der Waals surface area contributed by atoms with Crippen LogP contribution >= 0.6 is 15.9 Å². The first-order valence-electron chi connectivity index (χ1n) is 7.14.